The molecule has 0 aliphatic heterocycles. The molecule has 0 fully saturated rings. The smallest absolute Gasteiger partial charge is 0.326 e. The molecule has 0 saturated heterocycles. The van der Waals surface area contributed by atoms with Gasteiger partial charge in [0.05, 0.1) is 30.3 Å². The Balaban J connectivity index is 2.04. The number of nitrogens with one attached hydrogen (secondary N) is 1. The van der Waals surface area contributed by atoms with Crippen molar-refractivity contribution in [2.24, 2.45) is 0 Å². The molecule has 1 aromatic heterocycles. The zero-order valence-electron chi connectivity index (χ0n) is 15.4. The minimum atomic E-state index is -4.46. The van der Waals surface area contributed by atoms with E-state index in [1.165, 1.54) is 19.1 Å². The van der Waals surface area contributed by atoms with Crippen molar-refractivity contribution >= 4 is 11.6 Å². The van der Waals surface area contributed by atoms with Crippen LogP contribution in [0.4, 0.5) is 18.9 Å². The van der Waals surface area contributed by atoms with Gasteiger partial charge in [-0.25, -0.2) is 0 Å². The van der Waals surface area contributed by atoms with Crippen LogP contribution in [-0.4, -0.2) is 15.7 Å². The fourth-order valence-electron chi connectivity index (χ4n) is 2.94. The van der Waals surface area contributed by atoms with Crippen LogP contribution in [0.1, 0.15) is 40.9 Å². The quantitative estimate of drug-likeness (QED) is 0.814. The molecule has 0 bridgehead atoms. The van der Waals surface area contributed by atoms with Crippen molar-refractivity contribution in [1.29, 1.82) is 5.26 Å². The number of anilines is 1. The van der Waals surface area contributed by atoms with Crippen LogP contribution < -0.4 is 5.32 Å². The summed E-state index contributed by atoms with van der Waals surface area (Å²) >= 11 is 0. The number of amides is 1. The normalized spacial score (nSPS) is 11.3. The predicted octanol–water partition coefficient (Wildman–Crippen LogP) is 4.31. The molecule has 0 radical (unpaired) electrons. The third kappa shape index (κ3) is 5.09. The molecule has 2 aromatic rings. The standard InChI is InChI=1S/C19H21F3N4O/c1-12-5-6-15(11-17(12)19(20,21)22)24-18(27)8-7-16-13(2)25-26(14(16)3)10-4-9-23/h5-6,11H,4,7-8,10H2,1-3H3,(H,24,27). The minimum Gasteiger partial charge on any atom is -0.326 e. The first-order valence-electron chi connectivity index (χ1n) is 8.51. The van der Waals surface area contributed by atoms with Crippen LogP contribution >= 0.6 is 0 Å². The van der Waals surface area contributed by atoms with E-state index in [9.17, 15) is 18.0 Å². The maximum atomic E-state index is 13.0. The molecule has 2 rings (SSSR count). The average molecular weight is 378 g/mol. The SMILES string of the molecule is Cc1ccc(NC(=O)CCc2c(C)nn(CCC#N)c2C)cc1C(F)(F)F. The van der Waals surface area contributed by atoms with Crippen LogP contribution in [0.15, 0.2) is 18.2 Å². The van der Waals surface area contributed by atoms with Crippen LogP contribution in [0.5, 0.6) is 0 Å². The van der Waals surface area contributed by atoms with Gasteiger partial charge in [-0.3, -0.25) is 9.48 Å². The lowest BCUT2D eigenvalue weighted by molar-refractivity contribution is -0.138. The van der Waals surface area contributed by atoms with Gasteiger partial charge in [0.2, 0.25) is 5.91 Å². The molecule has 0 spiro atoms. The summed E-state index contributed by atoms with van der Waals surface area (Å²) in [6.07, 6.45) is -3.57. The maximum absolute atomic E-state index is 13.0. The number of hydrogen-bond donors (Lipinski definition) is 1. The number of aryl methyl sites for hydroxylation is 3. The van der Waals surface area contributed by atoms with Gasteiger partial charge in [-0.05, 0) is 50.5 Å². The van der Waals surface area contributed by atoms with Gasteiger partial charge < -0.3 is 5.32 Å². The van der Waals surface area contributed by atoms with Crippen LogP contribution in [0.3, 0.4) is 0 Å². The van der Waals surface area contributed by atoms with E-state index in [1.54, 1.807) is 4.68 Å². The number of rotatable bonds is 6. The molecule has 8 heteroatoms. The van der Waals surface area contributed by atoms with E-state index in [1.807, 2.05) is 13.8 Å². The van der Waals surface area contributed by atoms with E-state index in [-0.39, 0.29) is 23.6 Å². The second kappa shape index (κ2) is 8.25. The second-order valence-electron chi connectivity index (χ2n) is 6.36. The topological polar surface area (TPSA) is 70.7 Å². The second-order valence-corrected chi connectivity index (χ2v) is 6.36. The molecule has 0 atom stereocenters. The molecule has 27 heavy (non-hydrogen) atoms. The molecule has 5 nitrogen and oxygen atoms in total. The Morgan fingerprint density at radius 3 is 2.63 bits per heavy atom. The third-order valence-corrected chi connectivity index (χ3v) is 4.40. The van der Waals surface area contributed by atoms with E-state index in [0.29, 0.717) is 19.4 Å². The lowest BCUT2D eigenvalue weighted by atomic mass is 10.1. The summed E-state index contributed by atoms with van der Waals surface area (Å²) < 4.78 is 40.7. The fraction of sp³-hybridized carbons (Fsp3) is 0.421. The number of nitriles is 1. The highest BCUT2D eigenvalue weighted by atomic mass is 19.4. The number of hydrogen-bond acceptors (Lipinski definition) is 3. The zero-order chi connectivity index (χ0) is 20.2. The first-order chi connectivity index (χ1) is 12.6. The summed E-state index contributed by atoms with van der Waals surface area (Å²) in [5.74, 6) is -0.365. The van der Waals surface area contributed by atoms with Crippen molar-refractivity contribution in [3.05, 3.63) is 46.3 Å². The Labute approximate surface area is 155 Å². The fourth-order valence-corrected chi connectivity index (χ4v) is 2.94. The highest BCUT2D eigenvalue weighted by molar-refractivity contribution is 5.91. The van der Waals surface area contributed by atoms with E-state index in [0.717, 1.165) is 23.0 Å². The van der Waals surface area contributed by atoms with E-state index >= 15 is 0 Å². The summed E-state index contributed by atoms with van der Waals surface area (Å²) in [5, 5.41) is 15.6. The van der Waals surface area contributed by atoms with Gasteiger partial charge in [0.15, 0.2) is 0 Å². The Kier molecular flexibility index (Phi) is 6.26. The molecule has 1 aromatic carbocycles. The predicted molar refractivity (Wildman–Crippen MR) is 95.1 cm³/mol. The number of carbonyl (C=O) groups excluding carboxylic acids is 1. The molecule has 1 amide bonds. The van der Waals surface area contributed by atoms with Crippen molar-refractivity contribution in [2.75, 3.05) is 5.32 Å². The molecule has 1 N–H and O–H groups in total. The number of aromatic nitrogens is 2. The third-order valence-electron chi connectivity index (χ3n) is 4.40. The number of carbonyl (C=O) groups is 1. The van der Waals surface area contributed by atoms with Gasteiger partial charge in [0.25, 0.3) is 0 Å². The van der Waals surface area contributed by atoms with Gasteiger partial charge >= 0.3 is 6.18 Å². The highest BCUT2D eigenvalue weighted by Gasteiger charge is 2.32. The largest absolute Gasteiger partial charge is 0.416 e. The monoisotopic (exact) mass is 378 g/mol. The summed E-state index contributed by atoms with van der Waals surface area (Å²) in [6.45, 7) is 5.57. The van der Waals surface area contributed by atoms with Gasteiger partial charge in [-0.2, -0.15) is 23.5 Å². The summed E-state index contributed by atoms with van der Waals surface area (Å²) in [4.78, 5) is 12.2. The van der Waals surface area contributed by atoms with Crippen LogP contribution in [0.25, 0.3) is 0 Å². The molecule has 0 unspecified atom stereocenters. The Hall–Kier alpha value is -2.82. The zero-order valence-corrected chi connectivity index (χ0v) is 15.4. The number of nitrogens with zero attached hydrogens (tertiary/aromatic N) is 3. The average Bonchev–Trinajstić information content (AvgIpc) is 2.85. The summed E-state index contributed by atoms with van der Waals surface area (Å²) in [5.41, 5.74) is 2.07. The van der Waals surface area contributed by atoms with Crippen molar-refractivity contribution < 1.29 is 18.0 Å². The lowest BCUT2D eigenvalue weighted by Crippen LogP contribution is -2.14. The van der Waals surface area contributed by atoms with Gasteiger partial charge in [0.1, 0.15) is 0 Å². The first-order valence-corrected chi connectivity index (χ1v) is 8.51. The van der Waals surface area contributed by atoms with E-state index in [2.05, 4.69) is 16.5 Å². The molecule has 0 aliphatic rings. The van der Waals surface area contributed by atoms with Crippen LogP contribution in [0, 0.1) is 32.1 Å². The Morgan fingerprint density at radius 2 is 2.00 bits per heavy atom. The Bertz CT molecular complexity index is 878. The van der Waals surface area contributed by atoms with Gasteiger partial charge in [-0.1, -0.05) is 6.07 Å². The van der Waals surface area contributed by atoms with Crippen molar-refractivity contribution in [1.82, 2.24) is 9.78 Å². The summed E-state index contributed by atoms with van der Waals surface area (Å²) in [6, 6.07) is 5.81. The van der Waals surface area contributed by atoms with Crippen molar-refractivity contribution in [3.63, 3.8) is 0 Å². The van der Waals surface area contributed by atoms with E-state index in [4.69, 9.17) is 5.26 Å². The minimum absolute atomic E-state index is 0.108. The molecular formula is C19H21F3N4O. The highest BCUT2D eigenvalue weighted by Crippen LogP contribution is 2.33. The molecule has 1 heterocycles. The number of halogens is 3. The first kappa shape index (κ1) is 20.5. The van der Waals surface area contributed by atoms with Crippen molar-refractivity contribution in [3.8, 4) is 6.07 Å². The van der Waals surface area contributed by atoms with Crippen LogP contribution in [0.2, 0.25) is 0 Å². The van der Waals surface area contributed by atoms with E-state index < -0.39 is 11.7 Å². The van der Waals surface area contributed by atoms with Crippen molar-refractivity contribution in [2.45, 2.75) is 52.8 Å². The molecule has 0 aliphatic carbocycles. The van der Waals surface area contributed by atoms with Gasteiger partial charge in [0, 0.05) is 17.8 Å². The number of benzene rings is 1. The van der Waals surface area contributed by atoms with Gasteiger partial charge in [-0.15, -0.1) is 0 Å². The molecule has 144 valence electrons. The maximum Gasteiger partial charge on any atom is 0.416 e. The lowest BCUT2D eigenvalue weighted by Gasteiger charge is -2.13. The number of alkyl halides is 3. The Morgan fingerprint density at radius 1 is 1.30 bits per heavy atom. The molecule has 0 saturated carbocycles. The summed E-state index contributed by atoms with van der Waals surface area (Å²) in [7, 11) is 0. The molecular weight excluding hydrogens is 357 g/mol. The van der Waals surface area contributed by atoms with Crippen LogP contribution in [-0.2, 0) is 23.9 Å².